The lowest BCUT2D eigenvalue weighted by Crippen LogP contribution is -2.07. The highest BCUT2D eigenvalue weighted by Crippen LogP contribution is 2.64. The van der Waals surface area contributed by atoms with E-state index in [0.29, 0.717) is 18.9 Å². The van der Waals surface area contributed by atoms with Crippen molar-refractivity contribution in [1.82, 2.24) is 14.5 Å². The third-order valence-corrected chi connectivity index (χ3v) is 8.61. The molecule has 1 saturated carbocycles. The standard InChI is InChI=1S/C36H30FN3O3/c1-36(2)32(33(36)35(41)42)34-39-30-19-28(43-21-27-15-12-24-7-3-4-9-29(24)38-27)16-17-31(30)40(34)20-22-6-5-8-25(18-22)23-10-13-26(37)14-11-23/h3-19,32-33H,20-21H2,1-2H3,(H,41,42)/t32-,33+/m0/s1. The topological polar surface area (TPSA) is 77.2 Å². The normalized spacial score (nSPS) is 17.3. The molecular weight excluding hydrogens is 541 g/mol. The highest BCUT2D eigenvalue weighted by molar-refractivity contribution is 5.81. The van der Waals surface area contributed by atoms with Gasteiger partial charge in [-0.05, 0) is 64.6 Å². The minimum atomic E-state index is -0.807. The molecule has 43 heavy (non-hydrogen) atoms. The van der Waals surface area contributed by atoms with Crippen molar-refractivity contribution >= 4 is 27.9 Å². The molecule has 1 N–H and O–H groups in total. The Morgan fingerprint density at radius 3 is 2.49 bits per heavy atom. The number of carbonyl (C=O) groups is 1. The van der Waals surface area contributed by atoms with Crippen LogP contribution >= 0.6 is 0 Å². The van der Waals surface area contributed by atoms with Gasteiger partial charge in [0.25, 0.3) is 0 Å². The first kappa shape index (κ1) is 26.8. The zero-order valence-corrected chi connectivity index (χ0v) is 23.9. The first-order chi connectivity index (χ1) is 20.8. The lowest BCUT2D eigenvalue weighted by atomic mass is 10.0. The summed E-state index contributed by atoms with van der Waals surface area (Å²) in [6.07, 6.45) is 0. The van der Waals surface area contributed by atoms with Crippen LogP contribution in [0.15, 0.2) is 103 Å². The summed E-state index contributed by atoms with van der Waals surface area (Å²) in [4.78, 5) is 21.8. The lowest BCUT2D eigenvalue weighted by molar-refractivity contribution is -0.139. The highest BCUT2D eigenvalue weighted by atomic mass is 19.1. The fraction of sp³-hybridized carbons (Fsp3) is 0.194. The molecule has 0 saturated heterocycles. The van der Waals surface area contributed by atoms with Crippen LogP contribution < -0.4 is 4.74 Å². The van der Waals surface area contributed by atoms with Crippen LogP contribution in [0.5, 0.6) is 5.75 Å². The Kier molecular flexibility index (Phi) is 6.46. The molecule has 0 bridgehead atoms. The number of carboxylic acids is 1. The zero-order valence-electron chi connectivity index (χ0n) is 23.9. The number of pyridine rings is 1. The number of hydrogen-bond donors (Lipinski definition) is 1. The van der Waals surface area contributed by atoms with Gasteiger partial charge in [-0.3, -0.25) is 4.79 Å². The minimum absolute atomic E-state index is 0.219. The van der Waals surface area contributed by atoms with Crippen LogP contribution in [0.4, 0.5) is 4.39 Å². The van der Waals surface area contributed by atoms with Crippen LogP contribution in [-0.2, 0) is 17.9 Å². The molecule has 0 unspecified atom stereocenters. The maximum Gasteiger partial charge on any atom is 0.307 e. The van der Waals surface area contributed by atoms with Crippen molar-refractivity contribution in [3.63, 3.8) is 0 Å². The molecule has 1 fully saturated rings. The second-order valence-corrected chi connectivity index (χ2v) is 11.8. The zero-order chi connectivity index (χ0) is 29.7. The van der Waals surface area contributed by atoms with E-state index in [9.17, 15) is 14.3 Å². The Morgan fingerprint density at radius 1 is 0.884 bits per heavy atom. The molecule has 1 aliphatic rings. The quantitative estimate of drug-likeness (QED) is 0.201. The third kappa shape index (κ3) is 5.01. The maximum absolute atomic E-state index is 13.5. The van der Waals surface area contributed by atoms with E-state index in [1.807, 2.05) is 86.6 Å². The van der Waals surface area contributed by atoms with Gasteiger partial charge in [0, 0.05) is 23.9 Å². The summed E-state index contributed by atoms with van der Waals surface area (Å²) in [6.45, 7) is 4.80. The van der Waals surface area contributed by atoms with Crippen molar-refractivity contribution < 1.29 is 19.0 Å². The minimum Gasteiger partial charge on any atom is -0.487 e. The summed E-state index contributed by atoms with van der Waals surface area (Å²) in [5.41, 5.74) is 5.94. The monoisotopic (exact) mass is 571 g/mol. The van der Waals surface area contributed by atoms with E-state index in [2.05, 4.69) is 10.6 Å². The molecule has 6 nitrogen and oxygen atoms in total. The largest absolute Gasteiger partial charge is 0.487 e. The van der Waals surface area contributed by atoms with Crippen LogP contribution in [-0.4, -0.2) is 25.6 Å². The number of hydrogen-bond acceptors (Lipinski definition) is 4. The van der Waals surface area contributed by atoms with E-state index in [0.717, 1.165) is 50.1 Å². The van der Waals surface area contributed by atoms with E-state index in [1.54, 1.807) is 12.1 Å². The molecule has 214 valence electrons. The van der Waals surface area contributed by atoms with Crippen molar-refractivity contribution in [3.8, 4) is 16.9 Å². The molecule has 2 atom stereocenters. The van der Waals surface area contributed by atoms with Gasteiger partial charge in [0.1, 0.15) is 24.0 Å². The number of benzene rings is 4. The van der Waals surface area contributed by atoms with Gasteiger partial charge in [-0.2, -0.15) is 0 Å². The first-order valence-electron chi connectivity index (χ1n) is 14.3. The van der Waals surface area contributed by atoms with Gasteiger partial charge in [-0.1, -0.05) is 68.4 Å². The summed E-state index contributed by atoms with van der Waals surface area (Å²) in [6, 6.07) is 32.4. The smallest absolute Gasteiger partial charge is 0.307 e. The van der Waals surface area contributed by atoms with Crippen molar-refractivity contribution in [2.24, 2.45) is 11.3 Å². The number of aromatic nitrogens is 3. The number of ether oxygens (including phenoxy) is 1. The van der Waals surface area contributed by atoms with E-state index < -0.39 is 17.3 Å². The van der Waals surface area contributed by atoms with E-state index in [-0.39, 0.29) is 11.7 Å². The van der Waals surface area contributed by atoms with Crippen molar-refractivity contribution in [1.29, 1.82) is 0 Å². The summed E-state index contributed by atoms with van der Waals surface area (Å²) < 4.78 is 21.8. The molecule has 6 aromatic rings. The number of aliphatic carboxylic acids is 1. The average molecular weight is 572 g/mol. The summed E-state index contributed by atoms with van der Waals surface area (Å²) in [7, 11) is 0. The molecule has 4 aromatic carbocycles. The predicted molar refractivity (Wildman–Crippen MR) is 164 cm³/mol. The predicted octanol–water partition coefficient (Wildman–Crippen LogP) is 7.84. The van der Waals surface area contributed by atoms with Crippen molar-refractivity contribution in [3.05, 3.63) is 126 Å². The SMILES string of the molecule is CC1(C)[C@H](c2nc3cc(OCc4ccc5ccccc5n4)ccc3n2Cc2cccc(-c3ccc(F)cc3)c2)[C@@H]1C(=O)O. The van der Waals surface area contributed by atoms with Crippen molar-refractivity contribution in [2.45, 2.75) is 32.9 Å². The molecule has 7 heteroatoms. The third-order valence-electron chi connectivity index (χ3n) is 8.61. The van der Waals surface area contributed by atoms with Gasteiger partial charge in [0.15, 0.2) is 0 Å². The van der Waals surface area contributed by atoms with Gasteiger partial charge in [-0.25, -0.2) is 14.4 Å². The number of para-hydroxylation sites is 1. The second kappa shape index (κ2) is 10.3. The van der Waals surface area contributed by atoms with Gasteiger partial charge in [0.05, 0.1) is 28.2 Å². The van der Waals surface area contributed by atoms with Crippen LogP contribution in [0.2, 0.25) is 0 Å². The van der Waals surface area contributed by atoms with Crippen LogP contribution in [0, 0.1) is 17.2 Å². The lowest BCUT2D eigenvalue weighted by Gasteiger charge is -2.12. The summed E-state index contributed by atoms with van der Waals surface area (Å²) >= 11 is 0. The Bertz CT molecular complexity index is 2000. The van der Waals surface area contributed by atoms with Crippen LogP contribution in [0.3, 0.4) is 0 Å². The number of fused-ring (bicyclic) bond motifs is 2. The van der Waals surface area contributed by atoms with Gasteiger partial charge >= 0.3 is 5.97 Å². The van der Waals surface area contributed by atoms with Gasteiger partial charge in [0.2, 0.25) is 0 Å². The maximum atomic E-state index is 13.5. The number of carboxylic acid groups (broad SMARTS) is 1. The fourth-order valence-corrected chi connectivity index (χ4v) is 6.22. The van der Waals surface area contributed by atoms with Gasteiger partial charge < -0.3 is 14.4 Å². The first-order valence-corrected chi connectivity index (χ1v) is 14.3. The fourth-order valence-electron chi connectivity index (χ4n) is 6.22. The molecule has 0 amide bonds. The Labute approximate surface area is 248 Å². The Balaban J connectivity index is 1.22. The molecule has 7 rings (SSSR count). The molecule has 1 aliphatic carbocycles. The number of imidazole rings is 1. The highest BCUT2D eigenvalue weighted by Gasteiger charge is 2.64. The number of halogens is 1. The molecule has 0 spiro atoms. The number of nitrogens with zero attached hydrogens (tertiary/aromatic N) is 3. The Hall–Kier alpha value is -5.04. The van der Waals surface area contributed by atoms with Gasteiger partial charge in [-0.15, -0.1) is 0 Å². The molecule has 0 radical (unpaired) electrons. The molecule has 0 aliphatic heterocycles. The number of rotatable bonds is 8. The van der Waals surface area contributed by atoms with E-state index in [1.165, 1.54) is 12.1 Å². The van der Waals surface area contributed by atoms with Crippen LogP contribution in [0.25, 0.3) is 33.1 Å². The molecule has 2 heterocycles. The van der Waals surface area contributed by atoms with E-state index >= 15 is 0 Å². The van der Waals surface area contributed by atoms with Crippen molar-refractivity contribution in [2.75, 3.05) is 0 Å². The molecule has 2 aromatic heterocycles. The average Bonchev–Trinajstić information content (AvgIpc) is 3.43. The molecular formula is C36H30FN3O3. The second-order valence-electron chi connectivity index (χ2n) is 11.8. The van der Waals surface area contributed by atoms with E-state index in [4.69, 9.17) is 14.7 Å². The summed E-state index contributed by atoms with van der Waals surface area (Å²) in [5.74, 6) is -0.382. The van der Waals surface area contributed by atoms with Crippen LogP contribution in [0.1, 0.15) is 36.8 Å². The summed E-state index contributed by atoms with van der Waals surface area (Å²) in [5, 5.41) is 11.0. The Morgan fingerprint density at radius 2 is 1.70 bits per heavy atom.